The number of amides is 2. The van der Waals surface area contributed by atoms with E-state index >= 15 is 0 Å². The number of carbonyl (C=O) groups excluding carboxylic acids is 1. The number of hydrazone groups is 1. The van der Waals surface area contributed by atoms with Crippen molar-refractivity contribution in [3.63, 3.8) is 0 Å². The molecule has 0 saturated heterocycles. The molecule has 6 nitrogen and oxygen atoms in total. The zero-order chi connectivity index (χ0) is 17.2. The van der Waals surface area contributed by atoms with Crippen LogP contribution in [0.2, 0.25) is 0 Å². The van der Waals surface area contributed by atoms with E-state index in [1.54, 1.807) is 5.01 Å². The first-order valence-electron chi connectivity index (χ1n) is 8.55. The zero-order valence-corrected chi connectivity index (χ0v) is 14.6. The fourth-order valence-corrected chi connectivity index (χ4v) is 3.74. The van der Waals surface area contributed by atoms with E-state index < -0.39 is 6.09 Å². The molecule has 2 rings (SSSR count). The smallest absolute Gasteiger partial charge is 0.404 e. The number of hydrogen-bond acceptors (Lipinski definition) is 3. The van der Waals surface area contributed by atoms with Gasteiger partial charge in [-0.15, -0.1) is 0 Å². The van der Waals surface area contributed by atoms with Gasteiger partial charge >= 0.3 is 6.09 Å². The van der Waals surface area contributed by atoms with E-state index in [1.165, 1.54) is 25.7 Å². The quantitative estimate of drug-likeness (QED) is 0.815. The second-order valence-electron chi connectivity index (χ2n) is 7.98. The summed E-state index contributed by atoms with van der Waals surface area (Å²) in [6.45, 7) is 8.66. The summed E-state index contributed by atoms with van der Waals surface area (Å²) in [5, 5.41) is 17.9. The maximum absolute atomic E-state index is 12.2. The van der Waals surface area contributed by atoms with Crippen LogP contribution in [-0.4, -0.2) is 40.4 Å². The van der Waals surface area contributed by atoms with Crippen LogP contribution in [0, 0.1) is 17.3 Å². The van der Waals surface area contributed by atoms with E-state index in [0.29, 0.717) is 18.9 Å². The van der Waals surface area contributed by atoms with Crippen LogP contribution in [0.5, 0.6) is 0 Å². The highest BCUT2D eigenvalue weighted by Gasteiger charge is 2.38. The molecule has 0 aromatic carbocycles. The minimum Gasteiger partial charge on any atom is -0.465 e. The highest BCUT2D eigenvalue weighted by molar-refractivity contribution is 6.06. The van der Waals surface area contributed by atoms with Crippen LogP contribution in [-0.2, 0) is 4.79 Å². The van der Waals surface area contributed by atoms with Gasteiger partial charge in [-0.25, -0.2) is 9.80 Å². The summed E-state index contributed by atoms with van der Waals surface area (Å²) in [5.41, 5.74) is 0.545. The Kier molecular flexibility index (Phi) is 5.32. The number of carboxylic acid groups (broad SMARTS) is 1. The van der Waals surface area contributed by atoms with Gasteiger partial charge in [0, 0.05) is 18.5 Å². The molecule has 2 atom stereocenters. The predicted molar refractivity (Wildman–Crippen MR) is 89.3 cm³/mol. The van der Waals surface area contributed by atoms with Gasteiger partial charge in [-0.05, 0) is 24.2 Å². The SMILES string of the molecule is CC(C1=NN(CC2CCCC2)C(=O)C1)C(NC(=O)O)C(C)(C)C. The van der Waals surface area contributed by atoms with Crippen LogP contribution in [0.15, 0.2) is 5.10 Å². The Morgan fingerprint density at radius 1 is 1.39 bits per heavy atom. The molecular weight excluding hydrogens is 294 g/mol. The van der Waals surface area contributed by atoms with Crippen LogP contribution in [0.25, 0.3) is 0 Å². The van der Waals surface area contributed by atoms with Crippen molar-refractivity contribution in [1.82, 2.24) is 10.3 Å². The van der Waals surface area contributed by atoms with Crippen molar-refractivity contribution in [2.24, 2.45) is 22.4 Å². The molecule has 0 spiro atoms. The fraction of sp³-hybridized carbons (Fsp3) is 0.824. The Morgan fingerprint density at radius 2 is 2.00 bits per heavy atom. The number of hydrogen-bond donors (Lipinski definition) is 2. The Bertz CT molecular complexity index is 490. The molecular formula is C17H29N3O3. The fourth-order valence-electron chi connectivity index (χ4n) is 3.74. The molecule has 6 heteroatoms. The molecule has 2 unspecified atom stereocenters. The first-order chi connectivity index (χ1) is 10.7. The van der Waals surface area contributed by atoms with E-state index in [2.05, 4.69) is 10.4 Å². The summed E-state index contributed by atoms with van der Waals surface area (Å²) in [6, 6.07) is -0.280. The minimum absolute atomic E-state index is 0.0433. The molecule has 0 radical (unpaired) electrons. The Labute approximate surface area is 138 Å². The van der Waals surface area contributed by atoms with Gasteiger partial charge in [0.15, 0.2) is 0 Å². The lowest BCUT2D eigenvalue weighted by atomic mass is 9.77. The molecule has 0 aromatic heterocycles. The first-order valence-corrected chi connectivity index (χ1v) is 8.55. The first kappa shape index (κ1) is 17.8. The summed E-state index contributed by atoms with van der Waals surface area (Å²) in [6.07, 6.45) is 4.11. The van der Waals surface area contributed by atoms with E-state index in [9.17, 15) is 9.59 Å². The topological polar surface area (TPSA) is 82.0 Å². The van der Waals surface area contributed by atoms with Crippen molar-refractivity contribution < 1.29 is 14.7 Å². The molecule has 1 aliphatic carbocycles. The average Bonchev–Trinajstić information content (AvgIpc) is 3.05. The van der Waals surface area contributed by atoms with E-state index in [0.717, 1.165) is 5.71 Å². The van der Waals surface area contributed by atoms with Crippen LogP contribution in [0.3, 0.4) is 0 Å². The van der Waals surface area contributed by atoms with Gasteiger partial charge in [-0.2, -0.15) is 5.10 Å². The molecule has 0 aromatic rings. The third-order valence-corrected chi connectivity index (χ3v) is 5.01. The molecule has 1 heterocycles. The van der Waals surface area contributed by atoms with Crippen molar-refractivity contribution in [3.05, 3.63) is 0 Å². The standard InChI is InChI=1S/C17H29N3O3/c1-11(15(17(2,3)4)18-16(22)23)13-9-14(21)20(19-13)10-12-7-5-6-8-12/h11-12,15,18H,5-10H2,1-4H3,(H,22,23). The largest absolute Gasteiger partial charge is 0.465 e. The maximum atomic E-state index is 12.2. The number of carbonyl (C=O) groups is 2. The summed E-state index contributed by atoms with van der Waals surface area (Å²) in [5.74, 6) is 0.498. The second kappa shape index (κ2) is 6.89. The summed E-state index contributed by atoms with van der Waals surface area (Å²) < 4.78 is 0. The average molecular weight is 323 g/mol. The van der Waals surface area contributed by atoms with Gasteiger partial charge in [0.25, 0.3) is 0 Å². The van der Waals surface area contributed by atoms with Crippen LogP contribution >= 0.6 is 0 Å². The predicted octanol–water partition coefficient (Wildman–Crippen LogP) is 3.08. The van der Waals surface area contributed by atoms with Gasteiger partial charge in [-0.3, -0.25) is 4.79 Å². The minimum atomic E-state index is -1.04. The van der Waals surface area contributed by atoms with Crippen molar-refractivity contribution in [2.75, 3.05) is 6.54 Å². The molecule has 1 saturated carbocycles. The van der Waals surface area contributed by atoms with Gasteiger partial charge in [-0.1, -0.05) is 40.5 Å². The third kappa shape index (κ3) is 4.45. The molecule has 2 aliphatic rings. The lowest BCUT2D eigenvalue weighted by molar-refractivity contribution is -0.129. The van der Waals surface area contributed by atoms with Crippen LogP contribution in [0.1, 0.15) is 59.8 Å². The Morgan fingerprint density at radius 3 is 2.52 bits per heavy atom. The van der Waals surface area contributed by atoms with Gasteiger partial charge in [0.05, 0.1) is 12.1 Å². The van der Waals surface area contributed by atoms with Crippen molar-refractivity contribution in [3.8, 4) is 0 Å². The van der Waals surface area contributed by atoms with Gasteiger partial charge < -0.3 is 10.4 Å². The van der Waals surface area contributed by atoms with Crippen LogP contribution in [0.4, 0.5) is 4.79 Å². The molecule has 23 heavy (non-hydrogen) atoms. The molecule has 1 aliphatic heterocycles. The molecule has 130 valence electrons. The molecule has 0 bridgehead atoms. The number of nitrogens with zero attached hydrogens (tertiary/aromatic N) is 2. The highest BCUT2D eigenvalue weighted by Crippen LogP contribution is 2.31. The number of rotatable bonds is 5. The zero-order valence-electron chi connectivity index (χ0n) is 14.6. The van der Waals surface area contributed by atoms with Crippen molar-refractivity contribution in [1.29, 1.82) is 0 Å². The Balaban J connectivity index is 2.08. The number of nitrogens with one attached hydrogen (secondary N) is 1. The van der Waals surface area contributed by atoms with E-state index in [1.807, 2.05) is 27.7 Å². The third-order valence-electron chi connectivity index (χ3n) is 5.01. The molecule has 2 N–H and O–H groups in total. The molecule has 2 amide bonds. The summed E-state index contributed by atoms with van der Waals surface area (Å²) >= 11 is 0. The maximum Gasteiger partial charge on any atom is 0.404 e. The molecule has 1 fully saturated rings. The van der Waals surface area contributed by atoms with Crippen molar-refractivity contribution in [2.45, 2.75) is 65.8 Å². The van der Waals surface area contributed by atoms with Gasteiger partial charge in [0.2, 0.25) is 5.91 Å². The summed E-state index contributed by atoms with van der Waals surface area (Å²) in [4.78, 5) is 23.4. The van der Waals surface area contributed by atoms with Gasteiger partial charge in [0.1, 0.15) is 0 Å². The Hall–Kier alpha value is -1.59. The highest BCUT2D eigenvalue weighted by atomic mass is 16.4. The van der Waals surface area contributed by atoms with Crippen molar-refractivity contribution >= 4 is 17.7 Å². The normalized spacial score (nSPS) is 22.2. The van der Waals surface area contributed by atoms with E-state index in [-0.39, 0.29) is 23.3 Å². The van der Waals surface area contributed by atoms with Crippen LogP contribution < -0.4 is 5.32 Å². The lowest BCUT2D eigenvalue weighted by Crippen LogP contribution is -2.49. The second-order valence-corrected chi connectivity index (χ2v) is 7.98. The van der Waals surface area contributed by atoms with E-state index in [4.69, 9.17) is 5.11 Å². The monoisotopic (exact) mass is 323 g/mol. The lowest BCUT2D eigenvalue weighted by Gasteiger charge is -2.35. The summed E-state index contributed by atoms with van der Waals surface area (Å²) in [7, 11) is 0.